The van der Waals surface area contributed by atoms with Gasteiger partial charge in [-0.25, -0.2) is 0 Å². The lowest BCUT2D eigenvalue weighted by Crippen LogP contribution is -2.35. The van der Waals surface area contributed by atoms with E-state index in [-0.39, 0.29) is 11.6 Å². The molecule has 0 aliphatic carbocycles. The summed E-state index contributed by atoms with van der Waals surface area (Å²) in [6.45, 7) is 2.28. The van der Waals surface area contributed by atoms with Crippen molar-refractivity contribution in [3.63, 3.8) is 0 Å². The van der Waals surface area contributed by atoms with Crippen molar-refractivity contribution in [1.29, 1.82) is 0 Å². The van der Waals surface area contributed by atoms with Crippen LogP contribution in [0, 0.1) is 16.0 Å². The van der Waals surface area contributed by atoms with Crippen molar-refractivity contribution in [2.45, 2.75) is 19.4 Å². The first-order valence-corrected chi connectivity index (χ1v) is 8.18. The number of nitrogens with one attached hydrogen (secondary N) is 1. The van der Waals surface area contributed by atoms with Gasteiger partial charge in [0.1, 0.15) is 5.69 Å². The van der Waals surface area contributed by atoms with Crippen LogP contribution in [-0.4, -0.2) is 46.0 Å². The fourth-order valence-electron chi connectivity index (χ4n) is 3.17. The van der Waals surface area contributed by atoms with Gasteiger partial charge in [-0.3, -0.25) is 19.6 Å². The Bertz CT molecular complexity index is 753. The first-order valence-electron chi connectivity index (χ1n) is 8.18. The van der Waals surface area contributed by atoms with Gasteiger partial charge in [0.05, 0.1) is 11.1 Å². The highest BCUT2D eigenvalue weighted by Crippen LogP contribution is 2.32. The number of benzene rings is 1. The highest BCUT2D eigenvalue weighted by Gasteiger charge is 2.26. The molecular weight excluding hydrogens is 324 g/mol. The van der Waals surface area contributed by atoms with E-state index in [0.717, 1.165) is 32.5 Å². The number of anilines is 1. The molecule has 9 nitrogen and oxygen atoms in total. The summed E-state index contributed by atoms with van der Waals surface area (Å²) < 4.78 is 1.82. The molecule has 0 spiro atoms. The molecule has 0 saturated carbocycles. The molecule has 1 aromatic carbocycles. The standard InChI is InChI=1S/C16H20N6O3/c1-17-16(23)13-2-3-14(15(10-13)22(24)25)20-7-4-12(5-8-20)11-21-9-6-18-19-21/h2-3,6,9-10,12H,4-5,7-8,11H2,1H3,(H,17,23). The zero-order valence-electron chi connectivity index (χ0n) is 14.0. The first kappa shape index (κ1) is 16.9. The molecular formula is C16H20N6O3. The minimum Gasteiger partial charge on any atom is -0.366 e. The number of nitrogens with zero attached hydrogens (tertiary/aromatic N) is 5. The molecule has 0 unspecified atom stereocenters. The summed E-state index contributed by atoms with van der Waals surface area (Å²) in [7, 11) is 1.50. The van der Waals surface area contributed by atoms with Gasteiger partial charge < -0.3 is 10.2 Å². The number of aromatic nitrogens is 3. The summed E-state index contributed by atoms with van der Waals surface area (Å²) in [5.74, 6) is 0.142. The maximum atomic E-state index is 11.7. The maximum absolute atomic E-state index is 11.7. The van der Waals surface area contributed by atoms with Gasteiger partial charge in [0.15, 0.2) is 0 Å². The molecule has 1 fully saturated rings. The van der Waals surface area contributed by atoms with Gasteiger partial charge in [-0.05, 0) is 30.9 Å². The lowest BCUT2D eigenvalue weighted by atomic mass is 9.96. The molecule has 9 heteroatoms. The highest BCUT2D eigenvalue weighted by molar-refractivity contribution is 5.95. The number of nitro benzene ring substituents is 1. The Hall–Kier alpha value is -2.97. The molecule has 0 atom stereocenters. The van der Waals surface area contributed by atoms with Gasteiger partial charge in [0, 0.05) is 44.5 Å². The lowest BCUT2D eigenvalue weighted by molar-refractivity contribution is -0.384. The van der Waals surface area contributed by atoms with Crippen LogP contribution in [0.5, 0.6) is 0 Å². The van der Waals surface area contributed by atoms with Crippen LogP contribution in [0.2, 0.25) is 0 Å². The van der Waals surface area contributed by atoms with E-state index in [4.69, 9.17) is 0 Å². The Balaban J connectivity index is 1.72. The predicted molar refractivity (Wildman–Crippen MR) is 91.4 cm³/mol. The van der Waals surface area contributed by atoms with Crippen LogP contribution < -0.4 is 10.2 Å². The monoisotopic (exact) mass is 344 g/mol. The van der Waals surface area contributed by atoms with Crippen molar-refractivity contribution in [2.24, 2.45) is 5.92 Å². The van der Waals surface area contributed by atoms with E-state index in [9.17, 15) is 14.9 Å². The Morgan fingerprint density at radius 1 is 1.40 bits per heavy atom. The molecule has 3 rings (SSSR count). The molecule has 1 aromatic heterocycles. The third-order valence-electron chi connectivity index (χ3n) is 4.53. The molecule has 132 valence electrons. The number of carbonyl (C=O) groups excluding carboxylic acids is 1. The Morgan fingerprint density at radius 3 is 2.76 bits per heavy atom. The summed E-state index contributed by atoms with van der Waals surface area (Å²) >= 11 is 0. The quantitative estimate of drug-likeness (QED) is 0.650. The van der Waals surface area contributed by atoms with Crippen LogP contribution in [0.1, 0.15) is 23.2 Å². The summed E-state index contributed by atoms with van der Waals surface area (Å²) in [4.78, 5) is 24.7. The smallest absolute Gasteiger partial charge is 0.293 e. The number of piperidine rings is 1. The van der Waals surface area contributed by atoms with E-state index in [0.29, 0.717) is 17.2 Å². The molecule has 1 aliphatic heterocycles. The molecule has 1 amide bonds. The number of amides is 1. The molecule has 25 heavy (non-hydrogen) atoms. The molecule has 0 radical (unpaired) electrons. The molecule has 2 heterocycles. The normalized spacial score (nSPS) is 15.2. The van der Waals surface area contributed by atoms with Gasteiger partial charge in [0.25, 0.3) is 11.6 Å². The summed E-state index contributed by atoms with van der Waals surface area (Å²) in [6, 6.07) is 4.64. The molecule has 2 aromatic rings. The van der Waals surface area contributed by atoms with Crippen LogP contribution >= 0.6 is 0 Å². The number of rotatable bonds is 5. The Labute approximate surface area is 144 Å². The van der Waals surface area contributed by atoms with E-state index in [1.165, 1.54) is 13.1 Å². The second-order valence-corrected chi connectivity index (χ2v) is 6.10. The Morgan fingerprint density at radius 2 is 2.16 bits per heavy atom. The van der Waals surface area contributed by atoms with E-state index in [1.54, 1.807) is 18.3 Å². The van der Waals surface area contributed by atoms with Crippen molar-refractivity contribution in [3.8, 4) is 0 Å². The van der Waals surface area contributed by atoms with Crippen LogP contribution in [0.4, 0.5) is 11.4 Å². The molecule has 1 saturated heterocycles. The number of carbonyl (C=O) groups is 1. The minimum atomic E-state index is -0.427. The largest absolute Gasteiger partial charge is 0.366 e. The van der Waals surface area contributed by atoms with Crippen molar-refractivity contribution in [2.75, 3.05) is 25.0 Å². The zero-order valence-corrected chi connectivity index (χ0v) is 14.0. The summed E-state index contributed by atoms with van der Waals surface area (Å²) in [5.41, 5.74) is 0.826. The zero-order chi connectivity index (χ0) is 17.8. The van der Waals surface area contributed by atoms with Crippen LogP contribution in [0.3, 0.4) is 0 Å². The summed E-state index contributed by atoms with van der Waals surface area (Å²) in [5, 5.41) is 21.7. The van der Waals surface area contributed by atoms with Crippen LogP contribution in [0.25, 0.3) is 0 Å². The van der Waals surface area contributed by atoms with Crippen LogP contribution in [-0.2, 0) is 6.54 Å². The van der Waals surface area contributed by atoms with Crippen molar-refractivity contribution < 1.29 is 9.72 Å². The minimum absolute atomic E-state index is 0.0316. The van der Waals surface area contributed by atoms with Crippen molar-refractivity contribution >= 4 is 17.3 Å². The van der Waals surface area contributed by atoms with E-state index in [1.807, 2.05) is 15.8 Å². The lowest BCUT2D eigenvalue weighted by Gasteiger charge is -2.33. The van der Waals surface area contributed by atoms with E-state index < -0.39 is 4.92 Å². The second-order valence-electron chi connectivity index (χ2n) is 6.10. The van der Waals surface area contributed by atoms with Gasteiger partial charge >= 0.3 is 0 Å². The van der Waals surface area contributed by atoms with Crippen molar-refractivity contribution in [1.82, 2.24) is 20.3 Å². The Kier molecular flexibility index (Phi) is 4.92. The summed E-state index contributed by atoms with van der Waals surface area (Å²) in [6.07, 6.45) is 5.35. The average Bonchev–Trinajstić information content (AvgIpc) is 3.14. The predicted octanol–water partition coefficient (Wildman–Crippen LogP) is 1.46. The van der Waals surface area contributed by atoms with Crippen LogP contribution in [0.15, 0.2) is 30.6 Å². The van der Waals surface area contributed by atoms with Gasteiger partial charge in [0.2, 0.25) is 0 Å². The first-order chi connectivity index (χ1) is 12.1. The average molecular weight is 344 g/mol. The third kappa shape index (κ3) is 3.76. The maximum Gasteiger partial charge on any atom is 0.293 e. The van der Waals surface area contributed by atoms with Gasteiger partial charge in [-0.1, -0.05) is 5.21 Å². The van der Waals surface area contributed by atoms with Crippen molar-refractivity contribution in [3.05, 3.63) is 46.3 Å². The molecule has 1 N–H and O–H groups in total. The van der Waals surface area contributed by atoms with E-state index >= 15 is 0 Å². The van der Waals surface area contributed by atoms with Gasteiger partial charge in [-0.15, -0.1) is 5.10 Å². The number of hydrogen-bond acceptors (Lipinski definition) is 6. The highest BCUT2D eigenvalue weighted by atomic mass is 16.6. The molecule has 0 bridgehead atoms. The fraction of sp³-hybridized carbons (Fsp3) is 0.438. The number of nitro groups is 1. The molecule has 1 aliphatic rings. The third-order valence-corrected chi connectivity index (χ3v) is 4.53. The fourth-order valence-corrected chi connectivity index (χ4v) is 3.17. The number of hydrogen-bond donors (Lipinski definition) is 1. The van der Waals surface area contributed by atoms with Gasteiger partial charge in [-0.2, -0.15) is 0 Å². The SMILES string of the molecule is CNC(=O)c1ccc(N2CCC(Cn3ccnn3)CC2)c([N+](=O)[O-])c1. The topological polar surface area (TPSA) is 106 Å². The van der Waals surface area contributed by atoms with E-state index in [2.05, 4.69) is 15.6 Å². The second kappa shape index (κ2) is 7.29.